The summed E-state index contributed by atoms with van der Waals surface area (Å²) in [6.07, 6.45) is 1.57. The smallest absolute Gasteiger partial charge is 0.263 e. The second-order valence-corrected chi connectivity index (χ2v) is 7.43. The Bertz CT molecular complexity index is 587. The third-order valence-electron chi connectivity index (χ3n) is 3.38. The number of piperidine rings is 1. The van der Waals surface area contributed by atoms with Crippen LogP contribution in [0.2, 0.25) is 0 Å². The number of aromatic nitrogens is 3. The van der Waals surface area contributed by atoms with Crippen molar-refractivity contribution in [3.63, 3.8) is 0 Å². The van der Waals surface area contributed by atoms with Crippen molar-refractivity contribution in [2.45, 2.75) is 24.3 Å². The number of hydrogen-bond acceptors (Lipinski definition) is 5. The highest BCUT2D eigenvalue weighted by molar-refractivity contribution is 9.10. The summed E-state index contributed by atoms with van der Waals surface area (Å²) < 4.78 is 27.9. The summed E-state index contributed by atoms with van der Waals surface area (Å²) >= 11 is 3.10. The Morgan fingerprint density at radius 3 is 2.50 bits per heavy atom. The normalized spacial score (nSPS) is 18.3. The molecule has 1 saturated heterocycles. The zero-order chi connectivity index (χ0) is 14.9. The predicted octanol–water partition coefficient (Wildman–Crippen LogP) is -0.146. The van der Waals surface area contributed by atoms with Gasteiger partial charge >= 0.3 is 0 Å². The summed E-state index contributed by atoms with van der Waals surface area (Å²) in [5.74, 6) is -0.183. The number of rotatable bonds is 4. The molecule has 10 heteroatoms. The lowest BCUT2D eigenvalue weighted by molar-refractivity contribution is -0.119. The van der Waals surface area contributed by atoms with Gasteiger partial charge in [-0.1, -0.05) is 5.21 Å². The molecule has 1 aliphatic rings. The maximum atomic E-state index is 12.5. The topological polar surface area (TPSA) is 111 Å². The molecule has 112 valence electrons. The summed E-state index contributed by atoms with van der Waals surface area (Å²) in [4.78, 5) is 10.9. The maximum Gasteiger partial charge on any atom is 0.263 e. The standard InChI is InChI=1S/C10H16BrN5O3S/c1-15-10(9(11)13-14-15)20(18,19)16-4-2-7(3-5-16)6-8(12)17/h7H,2-6H2,1H3,(H2,12,17). The Morgan fingerprint density at radius 2 is 2.05 bits per heavy atom. The molecule has 2 N–H and O–H groups in total. The first-order chi connectivity index (χ1) is 9.32. The average Bonchev–Trinajstić information content (AvgIpc) is 2.69. The largest absolute Gasteiger partial charge is 0.370 e. The maximum absolute atomic E-state index is 12.5. The lowest BCUT2D eigenvalue weighted by Crippen LogP contribution is -2.40. The van der Waals surface area contributed by atoms with E-state index in [4.69, 9.17) is 5.73 Å². The van der Waals surface area contributed by atoms with Crippen LogP contribution in [0.1, 0.15) is 19.3 Å². The number of halogens is 1. The van der Waals surface area contributed by atoms with Gasteiger partial charge in [0.2, 0.25) is 10.9 Å². The zero-order valence-corrected chi connectivity index (χ0v) is 13.4. The van der Waals surface area contributed by atoms with Crippen LogP contribution in [-0.4, -0.2) is 46.7 Å². The van der Waals surface area contributed by atoms with E-state index in [0.717, 1.165) is 0 Å². The molecule has 0 unspecified atom stereocenters. The van der Waals surface area contributed by atoms with Crippen LogP contribution in [-0.2, 0) is 21.9 Å². The summed E-state index contributed by atoms with van der Waals surface area (Å²) in [5.41, 5.74) is 5.16. The third kappa shape index (κ3) is 3.01. The van der Waals surface area contributed by atoms with Crippen LogP contribution in [0.4, 0.5) is 0 Å². The summed E-state index contributed by atoms with van der Waals surface area (Å²) in [7, 11) is -2.09. The first-order valence-electron chi connectivity index (χ1n) is 6.16. The zero-order valence-electron chi connectivity index (χ0n) is 11.0. The lowest BCUT2D eigenvalue weighted by atomic mass is 9.94. The molecule has 2 rings (SSSR count). The quantitative estimate of drug-likeness (QED) is 0.797. The molecule has 0 atom stereocenters. The van der Waals surface area contributed by atoms with Gasteiger partial charge in [-0.15, -0.1) is 5.10 Å². The molecule has 1 aromatic rings. The van der Waals surface area contributed by atoms with Gasteiger partial charge in [-0.2, -0.15) is 4.31 Å². The highest BCUT2D eigenvalue weighted by atomic mass is 79.9. The van der Waals surface area contributed by atoms with Gasteiger partial charge in [0, 0.05) is 26.6 Å². The minimum absolute atomic E-state index is 0.0471. The van der Waals surface area contributed by atoms with Crippen molar-refractivity contribution in [1.29, 1.82) is 0 Å². The molecule has 1 fully saturated rings. The van der Waals surface area contributed by atoms with E-state index in [9.17, 15) is 13.2 Å². The number of amides is 1. The number of carbonyl (C=O) groups excluding carboxylic acids is 1. The van der Waals surface area contributed by atoms with Gasteiger partial charge < -0.3 is 5.73 Å². The van der Waals surface area contributed by atoms with E-state index in [1.54, 1.807) is 0 Å². The van der Waals surface area contributed by atoms with E-state index in [0.29, 0.717) is 32.4 Å². The number of carbonyl (C=O) groups is 1. The van der Waals surface area contributed by atoms with Gasteiger partial charge in [0.25, 0.3) is 10.0 Å². The molecule has 0 saturated carbocycles. The Kier molecular flexibility index (Phi) is 4.45. The summed E-state index contributed by atoms with van der Waals surface area (Å²) in [6, 6.07) is 0. The number of aryl methyl sites for hydroxylation is 1. The van der Waals surface area contributed by atoms with Gasteiger partial charge in [-0.05, 0) is 34.7 Å². The van der Waals surface area contributed by atoms with Crippen molar-refractivity contribution >= 4 is 31.9 Å². The molecular formula is C10H16BrN5O3S. The molecule has 0 aromatic carbocycles. The Hall–Kier alpha value is -1.00. The molecule has 0 bridgehead atoms. The van der Waals surface area contributed by atoms with Crippen LogP contribution in [0.15, 0.2) is 9.63 Å². The van der Waals surface area contributed by atoms with Gasteiger partial charge in [0.15, 0.2) is 4.60 Å². The van der Waals surface area contributed by atoms with Crippen LogP contribution < -0.4 is 5.73 Å². The summed E-state index contributed by atoms with van der Waals surface area (Å²) in [5, 5.41) is 7.43. The fraction of sp³-hybridized carbons (Fsp3) is 0.700. The minimum Gasteiger partial charge on any atom is -0.370 e. The molecule has 1 aliphatic heterocycles. The van der Waals surface area contributed by atoms with E-state index in [-0.39, 0.29) is 21.5 Å². The molecule has 20 heavy (non-hydrogen) atoms. The van der Waals surface area contributed by atoms with Crippen LogP contribution in [0.25, 0.3) is 0 Å². The number of nitrogens with two attached hydrogens (primary N) is 1. The van der Waals surface area contributed by atoms with Crippen LogP contribution in [0, 0.1) is 5.92 Å². The van der Waals surface area contributed by atoms with E-state index in [2.05, 4.69) is 26.2 Å². The second kappa shape index (κ2) is 5.78. The monoisotopic (exact) mass is 365 g/mol. The molecule has 0 aliphatic carbocycles. The van der Waals surface area contributed by atoms with Crippen molar-refractivity contribution in [3.05, 3.63) is 4.60 Å². The number of primary amides is 1. The Balaban J connectivity index is 2.12. The fourth-order valence-electron chi connectivity index (χ4n) is 2.36. The SMILES string of the molecule is Cn1nnc(Br)c1S(=O)(=O)N1CCC(CC(N)=O)CC1. The van der Waals surface area contributed by atoms with E-state index < -0.39 is 10.0 Å². The molecule has 1 amide bonds. The van der Waals surface area contributed by atoms with Crippen LogP contribution in [0.5, 0.6) is 0 Å². The molecule has 8 nitrogen and oxygen atoms in total. The summed E-state index contributed by atoms with van der Waals surface area (Å²) in [6.45, 7) is 0.746. The van der Waals surface area contributed by atoms with E-state index in [1.165, 1.54) is 16.0 Å². The van der Waals surface area contributed by atoms with Gasteiger partial charge in [-0.3, -0.25) is 4.79 Å². The first-order valence-corrected chi connectivity index (χ1v) is 8.39. The Morgan fingerprint density at radius 1 is 1.45 bits per heavy atom. The molecular weight excluding hydrogens is 350 g/mol. The highest BCUT2D eigenvalue weighted by Crippen LogP contribution is 2.27. The molecule has 1 aromatic heterocycles. The lowest BCUT2D eigenvalue weighted by Gasteiger charge is -2.30. The molecule has 2 heterocycles. The Labute approximate surface area is 125 Å². The molecule has 0 radical (unpaired) electrons. The van der Waals surface area contributed by atoms with Gasteiger partial charge in [-0.25, -0.2) is 13.1 Å². The number of sulfonamides is 1. The average molecular weight is 366 g/mol. The minimum atomic E-state index is -3.62. The fourth-order valence-corrected chi connectivity index (χ4v) is 4.86. The number of hydrogen-bond donors (Lipinski definition) is 1. The van der Waals surface area contributed by atoms with Gasteiger partial charge in [0.05, 0.1) is 0 Å². The first kappa shape index (κ1) is 15.4. The molecule has 0 spiro atoms. The predicted molar refractivity (Wildman–Crippen MR) is 74.0 cm³/mol. The van der Waals surface area contributed by atoms with Crippen LogP contribution >= 0.6 is 15.9 Å². The van der Waals surface area contributed by atoms with Gasteiger partial charge in [0.1, 0.15) is 0 Å². The van der Waals surface area contributed by atoms with Crippen molar-refractivity contribution in [3.8, 4) is 0 Å². The third-order valence-corrected chi connectivity index (χ3v) is 6.17. The highest BCUT2D eigenvalue weighted by Gasteiger charge is 2.34. The van der Waals surface area contributed by atoms with Crippen molar-refractivity contribution in [2.24, 2.45) is 18.7 Å². The van der Waals surface area contributed by atoms with Crippen molar-refractivity contribution < 1.29 is 13.2 Å². The number of nitrogens with zero attached hydrogens (tertiary/aromatic N) is 4. The van der Waals surface area contributed by atoms with E-state index in [1.807, 2.05) is 0 Å². The van der Waals surface area contributed by atoms with Crippen molar-refractivity contribution in [2.75, 3.05) is 13.1 Å². The second-order valence-electron chi connectivity index (χ2n) is 4.83. The van der Waals surface area contributed by atoms with Crippen molar-refractivity contribution in [1.82, 2.24) is 19.3 Å². The van der Waals surface area contributed by atoms with E-state index >= 15 is 0 Å². The van der Waals surface area contributed by atoms with Crippen LogP contribution in [0.3, 0.4) is 0 Å².